The third-order valence-corrected chi connectivity index (χ3v) is 7.16. The van der Waals surface area contributed by atoms with Gasteiger partial charge in [-0.1, -0.05) is 5.21 Å². The lowest BCUT2D eigenvalue weighted by atomic mass is 10.1. The molecular weight excluding hydrogens is 519 g/mol. The minimum Gasteiger partial charge on any atom is -0.437 e. The number of piperazine rings is 1. The van der Waals surface area contributed by atoms with Crippen molar-refractivity contribution in [1.29, 1.82) is 0 Å². The molecule has 5 rings (SSSR count). The van der Waals surface area contributed by atoms with E-state index >= 15 is 0 Å². The van der Waals surface area contributed by atoms with Crippen LogP contribution in [-0.2, 0) is 17.9 Å². The highest BCUT2D eigenvalue weighted by Gasteiger charge is 2.31. The van der Waals surface area contributed by atoms with Gasteiger partial charge in [0.1, 0.15) is 22.7 Å². The molecule has 2 aliphatic rings. The zero-order valence-corrected chi connectivity index (χ0v) is 21.3. The average Bonchev–Trinajstić information content (AvgIpc) is 3.54. The van der Waals surface area contributed by atoms with Gasteiger partial charge >= 0.3 is 0 Å². The van der Waals surface area contributed by atoms with Crippen molar-refractivity contribution in [2.24, 2.45) is 5.92 Å². The Kier molecular flexibility index (Phi) is 6.49. The fourth-order valence-corrected chi connectivity index (χ4v) is 4.76. The Morgan fingerprint density at radius 3 is 2.69 bits per heavy atom. The first-order chi connectivity index (χ1) is 16.7. The molecule has 0 spiro atoms. The summed E-state index contributed by atoms with van der Waals surface area (Å²) in [5, 5.41) is 18.6. The van der Waals surface area contributed by atoms with Crippen LogP contribution in [0, 0.1) is 11.7 Å². The molecule has 1 saturated carbocycles. The fourth-order valence-electron chi connectivity index (χ4n) is 4.26. The van der Waals surface area contributed by atoms with Crippen LogP contribution in [0.2, 0.25) is 0 Å². The van der Waals surface area contributed by atoms with Crippen LogP contribution in [0.1, 0.15) is 32.3 Å². The minimum atomic E-state index is -1.40. The van der Waals surface area contributed by atoms with E-state index in [4.69, 9.17) is 4.74 Å². The summed E-state index contributed by atoms with van der Waals surface area (Å²) in [4.78, 5) is 20.3. The number of carbonyl (C=O) groups is 1. The highest BCUT2D eigenvalue weighted by Crippen LogP contribution is 2.37. The third-order valence-electron chi connectivity index (χ3n) is 6.39. The fraction of sp³-hybridized carbons (Fsp3) is 0.500. The number of hydrogen-bond acceptors (Lipinski definition) is 7. The summed E-state index contributed by atoms with van der Waals surface area (Å²) >= 11 is 3.60. The van der Waals surface area contributed by atoms with Crippen molar-refractivity contribution < 1.29 is 19.0 Å². The zero-order chi connectivity index (χ0) is 24.7. The van der Waals surface area contributed by atoms with Gasteiger partial charge in [0.2, 0.25) is 5.88 Å². The lowest BCUT2D eigenvalue weighted by molar-refractivity contribution is -0.149. The summed E-state index contributed by atoms with van der Waals surface area (Å²) in [5.74, 6) is 0.781. The molecule has 1 aliphatic carbocycles. The van der Waals surface area contributed by atoms with Gasteiger partial charge < -0.3 is 14.7 Å². The van der Waals surface area contributed by atoms with Gasteiger partial charge in [-0.25, -0.2) is 14.1 Å². The molecule has 9 nitrogen and oxygen atoms in total. The molecule has 1 amide bonds. The van der Waals surface area contributed by atoms with E-state index in [1.807, 2.05) is 16.8 Å². The predicted molar refractivity (Wildman–Crippen MR) is 130 cm³/mol. The second-order valence-electron chi connectivity index (χ2n) is 9.81. The number of rotatable bonds is 7. The summed E-state index contributed by atoms with van der Waals surface area (Å²) in [7, 11) is 0. The second-order valence-corrected chi connectivity index (χ2v) is 10.6. The third kappa shape index (κ3) is 5.31. The number of halogens is 2. The first-order valence-corrected chi connectivity index (χ1v) is 12.6. The molecule has 1 saturated heterocycles. The SMILES string of the molecule is CC(C)(O)C(=O)N1CCN(Cc2cc(F)cnc2Oc2ccc3c(nnn3CC3CC3)c2Br)CC1. The first-order valence-electron chi connectivity index (χ1n) is 11.8. The number of nitrogens with zero attached hydrogens (tertiary/aromatic N) is 6. The van der Waals surface area contributed by atoms with Crippen LogP contribution in [0.3, 0.4) is 0 Å². The van der Waals surface area contributed by atoms with Gasteiger partial charge in [-0.2, -0.15) is 0 Å². The number of fused-ring (bicyclic) bond motifs is 1. The summed E-state index contributed by atoms with van der Waals surface area (Å²) in [6.07, 6.45) is 3.60. The van der Waals surface area contributed by atoms with Crippen molar-refractivity contribution in [3.05, 3.63) is 40.2 Å². The second kappa shape index (κ2) is 9.44. The number of aliphatic hydroxyl groups is 1. The Morgan fingerprint density at radius 2 is 2.00 bits per heavy atom. The number of amides is 1. The first kappa shape index (κ1) is 24.1. The largest absolute Gasteiger partial charge is 0.437 e. The standard InChI is InChI=1S/C24H28BrFN6O3/c1-24(2,34)23(33)31-9-7-30(8-10-31)14-16-11-17(26)12-27-22(16)35-19-6-5-18-21(20(19)25)28-29-32(18)13-15-3-4-15/h5-6,11-12,15,34H,3-4,7-10,13-14H2,1-2H3. The summed E-state index contributed by atoms with van der Waals surface area (Å²) in [6.45, 7) is 6.43. The van der Waals surface area contributed by atoms with E-state index in [1.54, 1.807) is 4.90 Å². The van der Waals surface area contributed by atoms with Gasteiger partial charge in [0, 0.05) is 44.8 Å². The normalized spacial score (nSPS) is 17.2. The monoisotopic (exact) mass is 546 g/mol. The van der Waals surface area contributed by atoms with Crippen LogP contribution in [-0.4, -0.2) is 72.6 Å². The number of aromatic nitrogens is 4. The maximum Gasteiger partial charge on any atom is 0.254 e. The van der Waals surface area contributed by atoms with Crippen LogP contribution >= 0.6 is 15.9 Å². The molecule has 1 aromatic carbocycles. The molecule has 2 fully saturated rings. The number of hydrogen-bond donors (Lipinski definition) is 1. The predicted octanol–water partition coefficient (Wildman–Crippen LogP) is 3.35. The van der Waals surface area contributed by atoms with E-state index < -0.39 is 11.4 Å². The van der Waals surface area contributed by atoms with Crippen LogP contribution in [0.15, 0.2) is 28.9 Å². The van der Waals surface area contributed by atoms with Crippen LogP contribution < -0.4 is 4.74 Å². The van der Waals surface area contributed by atoms with Gasteiger partial charge in [-0.15, -0.1) is 5.10 Å². The zero-order valence-electron chi connectivity index (χ0n) is 19.7. The molecule has 0 unspecified atom stereocenters. The number of ether oxygens (including phenoxy) is 1. The molecule has 1 N–H and O–H groups in total. The lowest BCUT2D eigenvalue weighted by Gasteiger charge is -2.37. The Labute approximate surface area is 211 Å². The molecule has 186 valence electrons. The summed E-state index contributed by atoms with van der Waals surface area (Å²) in [6, 6.07) is 5.20. The Bertz CT molecular complexity index is 1250. The van der Waals surface area contributed by atoms with E-state index in [0.717, 1.165) is 18.3 Å². The highest BCUT2D eigenvalue weighted by atomic mass is 79.9. The van der Waals surface area contributed by atoms with Crippen molar-refractivity contribution in [2.45, 2.75) is 45.4 Å². The number of benzene rings is 1. The van der Waals surface area contributed by atoms with Crippen LogP contribution in [0.5, 0.6) is 11.6 Å². The van der Waals surface area contributed by atoms with Crippen molar-refractivity contribution in [1.82, 2.24) is 29.8 Å². The van der Waals surface area contributed by atoms with Gasteiger partial charge in [-0.05, 0) is 66.7 Å². The smallest absolute Gasteiger partial charge is 0.254 e. The van der Waals surface area contributed by atoms with Crippen LogP contribution in [0.25, 0.3) is 11.0 Å². The maximum atomic E-state index is 14.1. The topological polar surface area (TPSA) is 96.6 Å². The summed E-state index contributed by atoms with van der Waals surface area (Å²) < 4.78 is 22.8. The van der Waals surface area contributed by atoms with E-state index in [1.165, 1.54) is 32.8 Å². The molecule has 3 heterocycles. The summed E-state index contributed by atoms with van der Waals surface area (Å²) in [5.41, 5.74) is 0.853. The van der Waals surface area contributed by atoms with E-state index in [-0.39, 0.29) is 5.91 Å². The van der Waals surface area contributed by atoms with E-state index in [0.29, 0.717) is 65.8 Å². The molecule has 0 bridgehead atoms. The van der Waals surface area contributed by atoms with Gasteiger partial charge in [0.05, 0.1) is 16.2 Å². The maximum absolute atomic E-state index is 14.1. The molecular formula is C24H28BrFN6O3. The number of carbonyl (C=O) groups excluding carboxylic acids is 1. The average molecular weight is 547 g/mol. The quantitative estimate of drug-likeness (QED) is 0.485. The molecule has 11 heteroatoms. The lowest BCUT2D eigenvalue weighted by Crippen LogP contribution is -2.53. The Balaban J connectivity index is 1.31. The molecule has 2 aromatic heterocycles. The molecule has 1 aliphatic heterocycles. The van der Waals surface area contributed by atoms with Gasteiger partial charge in [0.15, 0.2) is 0 Å². The van der Waals surface area contributed by atoms with Crippen molar-refractivity contribution >= 4 is 32.9 Å². The van der Waals surface area contributed by atoms with E-state index in [2.05, 4.69) is 36.1 Å². The number of pyridine rings is 1. The Hall–Kier alpha value is -2.63. The van der Waals surface area contributed by atoms with Gasteiger partial charge in [0.25, 0.3) is 5.91 Å². The Morgan fingerprint density at radius 1 is 1.26 bits per heavy atom. The molecule has 0 radical (unpaired) electrons. The van der Waals surface area contributed by atoms with Crippen LogP contribution in [0.4, 0.5) is 4.39 Å². The van der Waals surface area contributed by atoms with Gasteiger partial charge in [-0.3, -0.25) is 9.69 Å². The minimum absolute atomic E-state index is 0.289. The highest BCUT2D eigenvalue weighted by molar-refractivity contribution is 9.10. The molecule has 0 atom stereocenters. The molecule has 3 aromatic rings. The molecule has 35 heavy (non-hydrogen) atoms. The van der Waals surface area contributed by atoms with Crippen molar-refractivity contribution in [2.75, 3.05) is 26.2 Å². The van der Waals surface area contributed by atoms with Crippen molar-refractivity contribution in [3.8, 4) is 11.6 Å². The van der Waals surface area contributed by atoms with Crippen molar-refractivity contribution in [3.63, 3.8) is 0 Å². The van der Waals surface area contributed by atoms with E-state index in [9.17, 15) is 14.3 Å².